The van der Waals surface area contributed by atoms with E-state index in [2.05, 4.69) is 10.4 Å². The van der Waals surface area contributed by atoms with E-state index < -0.39 is 0 Å². The van der Waals surface area contributed by atoms with Crippen molar-refractivity contribution in [1.82, 2.24) is 15.1 Å². The number of aryl methyl sites for hydroxylation is 2. The van der Waals surface area contributed by atoms with E-state index in [4.69, 9.17) is 11.6 Å². The summed E-state index contributed by atoms with van der Waals surface area (Å²) < 4.78 is 1.76. The topological polar surface area (TPSA) is 46.9 Å². The number of hydrogen-bond donors (Lipinski definition) is 1. The molecule has 0 spiro atoms. The second-order valence-corrected chi connectivity index (χ2v) is 5.67. The van der Waals surface area contributed by atoms with Crippen molar-refractivity contribution in [2.45, 2.75) is 51.5 Å². The van der Waals surface area contributed by atoms with Crippen LogP contribution in [0.1, 0.15) is 49.3 Å². The Morgan fingerprint density at radius 3 is 2.89 bits per heavy atom. The molecule has 1 aromatic rings. The highest BCUT2D eigenvalue weighted by molar-refractivity contribution is 6.21. The molecule has 2 atom stereocenters. The molecule has 2 rings (SSSR count). The van der Waals surface area contributed by atoms with Gasteiger partial charge in [-0.1, -0.05) is 13.3 Å². The Labute approximate surface area is 119 Å². The van der Waals surface area contributed by atoms with Gasteiger partial charge in [-0.15, -0.1) is 11.6 Å². The number of halogens is 1. The molecule has 0 saturated heterocycles. The lowest BCUT2D eigenvalue weighted by Gasteiger charge is -2.14. The number of carbonyl (C=O) groups excluding carboxylic acids is 1. The fourth-order valence-corrected chi connectivity index (χ4v) is 2.97. The van der Waals surface area contributed by atoms with Crippen LogP contribution in [0.5, 0.6) is 0 Å². The third-order valence-corrected chi connectivity index (χ3v) is 4.39. The minimum absolute atomic E-state index is 0.0372. The Balaban J connectivity index is 1.97. The van der Waals surface area contributed by atoms with E-state index in [1.165, 1.54) is 6.42 Å². The van der Waals surface area contributed by atoms with Crippen molar-refractivity contribution in [1.29, 1.82) is 0 Å². The number of hydrogen-bond acceptors (Lipinski definition) is 2. The minimum Gasteiger partial charge on any atom is -0.350 e. The van der Waals surface area contributed by atoms with Crippen LogP contribution in [0.15, 0.2) is 6.07 Å². The molecule has 1 heterocycles. The number of alkyl halides is 1. The van der Waals surface area contributed by atoms with E-state index in [9.17, 15) is 4.79 Å². The molecule has 0 bridgehead atoms. The maximum Gasteiger partial charge on any atom is 0.269 e. The van der Waals surface area contributed by atoms with Gasteiger partial charge in [-0.05, 0) is 38.2 Å². The van der Waals surface area contributed by atoms with E-state index in [0.717, 1.165) is 25.0 Å². The van der Waals surface area contributed by atoms with Gasteiger partial charge in [-0.3, -0.25) is 9.48 Å². The number of nitrogens with one attached hydrogen (secondary N) is 1. The fourth-order valence-electron chi connectivity index (χ4n) is 2.60. The monoisotopic (exact) mass is 283 g/mol. The molecule has 19 heavy (non-hydrogen) atoms. The Kier molecular flexibility index (Phi) is 4.86. The summed E-state index contributed by atoms with van der Waals surface area (Å²) in [5.41, 5.74) is 1.62. The molecular formula is C14H22ClN3O. The molecule has 1 fully saturated rings. The Hall–Kier alpha value is -1.03. The van der Waals surface area contributed by atoms with E-state index in [1.54, 1.807) is 4.68 Å². The highest BCUT2D eigenvalue weighted by Gasteiger charge is 2.26. The predicted octanol–water partition coefficient (Wildman–Crippen LogP) is 2.60. The molecule has 0 radical (unpaired) electrons. The van der Waals surface area contributed by atoms with E-state index >= 15 is 0 Å². The second-order valence-electron chi connectivity index (χ2n) is 5.11. The average molecular weight is 284 g/mol. The van der Waals surface area contributed by atoms with Crippen molar-refractivity contribution in [2.24, 2.45) is 5.92 Å². The predicted molar refractivity (Wildman–Crippen MR) is 76.6 cm³/mol. The Morgan fingerprint density at radius 2 is 2.32 bits per heavy atom. The summed E-state index contributed by atoms with van der Waals surface area (Å²) in [6, 6.07) is 1.88. The zero-order valence-electron chi connectivity index (χ0n) is 11.7. The third-order valence-electron chi connectivity index (χ3n) is 3.82. The standard InChI is InChI=1S/C14H22ClN3O/c1-3-11-8-13(18(4-2)17-11)14(19)16-9-10-6-5-7-12(10)15/h8,10,12H,3-7,9H2,1-2H3,(H,16,19). The van der Waals surface area contributed by atoms with Crippen molar-refractivity contribution in [3.05, 3.63) is 17.5 Å². The molecule has 2 unspecified atom stereocenters. The molecule has 0 aromatic carbocycles. The SMILES string of the molecule is CCc1cc(C(=O)NCC2CCCC2Cl)n(CC)n1. The first-order valence-corrected chi connectivity index (χ1v) is 7.58. The van der Waals surface area contributed by atoms with Gasteiger partial charge in [-0.2, -0.15) is 5.10 Å². The molecule has 0 aliphatic heterocycles. The summed E-state index contributed by atoms with van der Waals surface area (Å²) in [6.45, 7) is 5.42. The highest BCUT2D eigenvalue weighted by atomic mass is 35.5. The smallest absolute Gasteiger partial charge is 0.269 e. The third kappa shape index (κ3) is 3.30. The van der Waals surface area contributed by atoms with Crippen molar-refractivity contribution in [3.63, 3.8) is 0 Å². The number of aromatic nitrogens is 2. The van der Waals surface area contributed by atoms with Crippen LogP contribution in [0.3, 0.4) is 0 Å². The summed E-state index contributed by atoms with van der Waals surface area (Å²) in [4.78, 5) is 12.2. The molecule has 4 nitrogen and oxygen atoms in total. The summed E-state index contributed by atoms with van der Waals surface area (Å²) in [7, 11) is 0. The van der Waals surface area contributed by atoms with Crippen molar-refractivity contribution >= 4 is 17.5 Å². The van der Waals surface area contributed by atoms with Gasteiger partial charge in [-0.25, -0.2) is 0 Å². The molecule has 1 aliphatic rings. The minimum atomic E-state index is -0.0372. The summed E-state index contributed by atoms with van der Waals surface area (Å²) in [5, 5.41) is 7.60. The first-order chi connectivity index (χ1) is 9.15. The van der Waals surface area contributed by atoms with Gasteiger partial charge < -0.3 is 5.32 Å². The fraction of sp³-hybridized carbons (Fsp3) is 0.714. The number of rotatable bonds is 5. The lowest BCUT2D eigenvalue weighted by Crippen LogP contribution is -2.32. The molecular weight excluding hydrogens is 262 g/mol. The van der Waals surface area contributed by atoms with Crippen molar-refractivity contribution in [3.8, 4) is 0 Å². The first-order valence-electron chi connectivity index (χ1n) is 7.14. The summed E-state index contributed by atoms with van der Waals surface area (Å²) >= 11 is 6.22. The lowest BCUT2D eigenvalue weighted by atomic mass is 10.1. The number of amides is 1. The van der Waals surface area contributed by atoms with E-state index in [0.29, 0.717) is 24.7 Å². The molecule has 106 valence electrons. The van der Waals surface area contributed by atoms with Crippen LogP contribution >= 0.6 is 11.6 Å². The zero-order chi connectivity index (χ0) is 13.8. The van der Waals surface area contributed by atoms with Gasteiger partial charge in [0.2, 0.25) is 0 Å². The van der Waals surface area contributed by atoms with E-state index in [-0.39, 0.29) is 11.3 Å². The first kappa shape index (κ1) is 14.4. The zero-order valence-corrected chi connectivity index (χ0v) is 12.4. The molecule has 1 aromatic heterocycles. The molecule has 1 saturated carbocycles. The molecule has 5 heteroatoms. The highest BCUT2D eigenvalue weighted by Crippen LogP contribution is 2.29. The van der Waals surface area contributed by atoms with Crippen LogP contribution in [-0.4, -0.2) is 27.6 Å². The van der Waals surface area contributed by atoms with Gasteiger partial charge in [0.15, 0.2) is 0 Å². The van der Waals surface area contributed by atoms with Crippen LogP contribution in [0, 0.1) is 5.92 Å². The van der Waals surface area contributed by atoms with Crippen LogP contribution in [-0.2, 0) is 13.0 Å². The molecule has 1 aliphatic carbocycles. The summed E-state index contributed by atoms with van der Waals surface area (Å²) in [5.74, 6) is 0.374. The van der Waals surface area contributed by atoms with Crippen LogP contribution in [0.4, 0.5) is 0 Å². The van der Waals surface area contributed by atoms with Crippen LogP contribution in [0.2, 0.25) is 0 Å². The Morgan fingerprint density at radius 1 is 1.53 bits per heavy atom. The second kappa shape index (κ2) is 6.42. The van der Waals surface area contributed by atoms with Gasteiger partial charge in [0, 0.05) is 18.5 Å². The lowest BCUT2D eigenvalue weighted by molar-refractivity contribution is 0.0937. The Bertz CT molecular complexity index is 444. The van der Waals surface area contributed by atoms with E-state index in [1.807, 2.05) is 19.9 Å². The quantitative estimate of drug-likeness (QED) is 0.845. The van der Waals surface area contributed by atoms with Gasteiger partial charge in [0.25, 0.3) is 5.91 Å². The average Bonchev–Trinajstić information content (AvgIpc) is 3.01. The molecule has 1 N–H and O–H groups in total. The normalized spacial score (nSPS) is 22.7. The van der Waals surface area contributed by atoms with Gasteiger partial charge >= 0.3 is 0 Å². The van der Waals surface area contributed by atoms with Crippen molar-refractivity contribution in [2.75, 3.05) is 6.54 Å². The maximum absolute atomic E-state index is 12.2. The maximum atomic E-state index is 12.2. The van der Waals surface area contributed by atoms with Crippen LogP contribution in [0.25, 0.3) is 0 Å². The van der Waals surface area contributed by atoms with Crippen molar-refractivity contribution < 1.29 is 4.79 Å². The number of nitrogens with zero attached hydrogens (tertiary/aromatic N) is 2. The molecule has 1 amide bonds. The summed E-state index contributed by atoms with van der Waals surface area (Å²) in [6.07, 6.45) is 4.19. The van der Waals surface area contributed by atoms with Gasteiger partial charge in [0.05, 0.1) is 5.69 Å². The number of carbonyl (C=O) groups is 1. The largest absolute Gasteiger partial charge is 0.350 e. The van der Waals surface area contributed by atoms with Crippen LogP contribution < -0.4 is 5.32 Å². The van der Waals surface area contributed by atoms with Gasteiger partial charge in [0.1, 0.15) is 5.69 Å².